The van der Waals surface area contributed by atoms with Gasteiger partial charge in [-0.1, -0.05) is 11.8 Å². The Morgan fingerprint density at radius 2 is 2.20 bits per heavy atom. The van der Waals surface area contributed by atoms with E-state index in [9.17, 15) is 24.6 Å². The van der Waals surface area contributed by atoms with E-state index in [2.05, 4.69) is 0 Å². The molecule has 0 saturated carbocycles. The molecule has 0 aliphatic carbocycles. The molecule has 20 heavy (non-hydrogen) atoms. The van der Waals surface area contributed by atoms with Gasteiger partial charge in [0.1, 0.15) is 12.0 Å². The van der Waals surface area contributed by atoms with E-state index in [0.29, 0.717) is 22.5 Å². The molecular weight excluding hydrogens is 282 g/mol. The van der Waals surface area contributed by atoms with Gasteiger partial charge in [0, 0.05) is 11.3 Å². The second-order valence-corrected chi connectivity index (χ2v) is 6.18. The molecule has 2 N–H and O–H groups in total. The molecule has 0 radical (unpaired) electrons. The Morgan fingerprint density at radius 1 is 1.55 bits per heavy atom. The van der Waals surface area contributed by atoms with Crippen LogP contribution in [0.4, 0.5) is 0 Å². The summed E-state index contributed by atoms with van der Waals surface area (Å²) in [5.74, 6) is -2.06. The smallest absolute Gasteiger partial charge is 0.353 e. The molecular formula is C13H15NO5S. The number of nitrogens with zero attached hydrogens (tertiary/aromatic N) is 1. The second-order valence-electron chi connectivity index (χ2n) is 4.84. The van der Waals surface area contributed by atoms with Gasteiger partial charge in [0.05, 0.1) is 18.1 Å². The lowest BCUT2D eigenvalue weighted by Gasteiger charge is -2.44. The lowest BCUT2D eigenvalue weighted by Crippen LogP contribution is -2.61. The number of β-lactam (4-membered cyclic amide) rings is 1. The van der Waals surface area contributed by atoms with Gasteiger partial charge in [0.25, 0.3) is 0 Å². The average molecular weight is 297 g/mol. The van der Waals surface area contributed by atoms with Gasteiger partial charge in [-0.3, -0.25) is 9.59 Å². The van der Waals surface area contributed by atoms with Crippen LogP contribution in [0.15, 0.2) is 21.6 Å². The van der Waals surface area contributed by atoms with E-state index < -0.39 is 18.0 Å². The number of rotatable bonds is 5. The highest BCUT2D eigenvalue weighted by atomic mass is 32.2. The Labute approximate surface area is 120 Å². The summed E-state index contributed by atoms with van der Waals surface area (Å²) in [5.41, 5.74) is -0.0273. The maximum Gasteiger partial charge on any atom is 0.353 e. The monoisotopic (exact) mass is 297 g/mol. The highest BCUT2D eigenvalue weighted by Gasteiger charge is 2.56. The molecule has 0 bridgehead atoms. The molecule has 2 aliphatic heterocycles. The van der Waals surface area contributed by atoms with Crippen molar-refractivity contribution in [2.45, 2.75) is 32.4 Å². The summed E-state index contributed by atoms with van der Waals surface area (Å²) >= 11 is 1.18. The third-order valence-electron chi connectivity index (χ3n) is 3.48. The first-order valence-electron chi connectivity index (χ1n) is 6.16. The maximum absolute atomic E-state index is 11.9. The van der Waals surface area contributed by atoms with Crippen molar-refractivity contribution >= 4 is 29.9 Å². The number of aldehydes is 1. The molecule has 1 saturated heterocycles. The first kappa shape index (κ1) is 14.8. The number of fused-ring (bicyclic) bond motifs is 1. The van der Waals surface area contributed by atoms with Gasteiger partial charge in [0.15, 0.2) is 0 Å². The van der Waals surface area contributed by atoms with E-state index in [1.807, 2.05) is 0 Å². The van der Waals surface area contributed by atoms with Crippen molar-refractivity contribution in [1.82, 2.24) is 4.90 Å². The zero-order valence-electron chi connectivity index (χ0n) is 11.1. The predicted molar refractivity (Wildman–Crippen MR) is 72.5 cm³/mol. The number of hydrogen-bond donors (Lipinski definition) is 2. The summed E-state index contributed by atoms with van der Waals surface area (Å²) in [7, 11) is 0. The molecule has 0 spiro atoms. The average Bonchev–Trinajstić information content (AvgIpc) is 2.63. The van der Waals surface area contributed by atoms with Crippen LogP contribution >= 0.6 is 11.8 Å². The first-order valence-corrected chi connectivity index (χ1v) is 6.97. The number of amides is 1. The molecule has 0 unspecified atom stereocenters. The van der Waals surface area contributed by atoms with Crippen molar-refractivity contribution in [1.29, 1.82) is 0 Å². The van der Waals surface area contributed by atoms with Gasteiger partial charge in [-0.2, -0.15) is 0 Å². The fraction of sp³-hybridized carbons (Fsp3) is 0.462. The van der Waals surface area contributed by atoms with Crippen molar-refractivity contribution in [2.24, 2.45) is 5.92 Å². The summed E-state index contributed by atoms with van der Waals surface area (Å²) in [4.78, 5) is 36.2. The van der Waals surface area contributed by atoms with Crippen LogP contribution in [-0.4, -0.2) is 45.4 Å². The molecule has 1 fully saturated rings. The van der Waals surface area contributed by atoms with Crippen LogP contribution < -0.4 is 0 Å². The molecule has 2 aliphatic rings. The molecule has 3 atom stereocenters. The SMILES string of the molecule is C/C(=C/C=O)SC1=C(C(=O)O)N2C(=O)[C@@H]([C@H](C)O)[C@H]2C1. The van der Waals surface area contributed by atoms with Gasteiger partial charge < -0.3 is 15.1 Å². The fourth-order valence-electron chi connectivity index (χ4n) is 2.65. The molecule has 6 nitrogen and oxygen atoms in total. The van der Waals surface area contributed by atoms with Crippen LogP contribution in [-0.2, 0) is 14.4 Å². The van der Waals surface area contributed by atoms with Crippen molar-refractivity contribution in [3.63, 3.8) is 0 Å². The topological polar surface area (TPSA) is 94.9 Å². The molecule has 2 heterocycles. The van der Waals surface area contributed by atoms with E-state index in [1.54, 1.807) is 6.92 Å². The van der Waals surface area contributed by atoms with Crippen LogP contribution in [0.2, 0.25) is 0 Å². The van der Waals surface area contributed by atoms with E-state index in [-0.39, 0.29) is 17.6 Å². The Kier molecular flexibility index (Phi) is 4.01. The van der Waals surface area contributed by atoms with Crippen LogP contribution in [0.1, 0.15) is 20.3 Å². The Hall–Kier alpha value is -1.60. The van der Waals surface area contributed by atoms with Crippen molar-refractivity contribution in [3.8, 4) is 0 Å². The van der Waals surface area contributed by atoms with Gasteiger partial charge in [-0.05, 0) is 24.8 Å². The van der Waals surface area contributed by atoms with Gasteiger partial charge in [-0.25, -0.2) is 4.79 Å². The summed E-state index contributed by atoms with van der Waals surface area (Å²) in [5, 5.41) is 18.9. The lowest BCUT2D eigenvalue weighted by molar-refractivity contribution is -0.161. The zero-order chi connectivity index (χ0) is 15.0. The van der Waals surface area contributed by atoms with Crippen molar-refractivity contribution in [2.75, 3.05) is 0 Å². The Bertz CT molecular complexity index is 537. The van der Waals surface area contributed by atoms with E-state index in [1.165, 1.54) is 29.7 Å². The number of carbonyl (C=O) groups is 3. The third kappa shape index (κ3) is 2.27. The minimum absolute atomic E-state index is 0.0273. The number of aliphatic carboxylic acids is 1. The minimum atomic E-state index is -1.16. The largest absolute Gasteiger partial charge is 0.477 e. The number of allylic oxidation sites excluding steroid dienone is 2. The number of aliphatic hydroxyl groups is 1. The number of thioether (sulfide) groups is 1. The Morgan fingerprint density at radius 3 is 2.70 bits per heavy atom. The van der Waals surface area contributed by atoms with Gasteiger partial charge in [0.2, 0.25) is 5.91 Å². The number of hydrogen-bond acceptors (Lipinski definition) is 5. The standard InChI is InChI=1S/C13H15NO5S/c1-6(3-4-15)20-9-5-8-10(7(2)16)12(17)14(8)11(9)13(18)19/h3-4,7-8,10,16H,5H2,1-2H3,(H,18,19)/b6-3-/t7-,8+,10-/m0/s1. The van der Waals surface area contributed by atoms with Gasteiger partial charge >= 0.3 is 5.97 Å². The normalized spacial score (nSPS) is 27.2. The minimum Gasteiger partial charge on any atom is -0.477 e. The highest BCUT2D eigenvalue weighted by molar-refractivity contribution is 8.06. The van der Waals surface area contributed by atoms with Crippen molar-refractivity contribution < 1.29 is 24.6 Å². The maximum atomic E-state index is 11.9. The van der Waals surface area contributed by atoms with E-state index in [0.717, 1.165) is 0 Å². The van der Waals surface area contributed by atoms with Gasteiger partial charge in [-0.15, -0.1) is 0 Å². The van der Waals surface area contributed by atoms with E-state index in [4.69, 9.17) is 0 Å². The lowest BCUT2D eigenvalue weighted by atomic mass is 9.83. The van der Waals surface area contributed by atoms with Crippen molar-refractivity contribution in [3.05, 3.63) is 21.6 Å². The van der Waals surface area contributed by atoms with Crippen LogP contribution in [0.5, 0.6) is 0 Å². The Balaban J connectivity index is 2.28. The summed E-state index contributed by atoms with van der Waals surface area (Å²) in [6.07, 6.45) is 1.59. The number of carbonyl (C=O) groups excluding carboxylic acids is 2. The molecule has 2 rings (SSSR count). The number of carboxylic acid groups (broad SMARTS) is 1. The molecule has 0 aromatic heterocycles. The second kappa shape index (κ2) is 5.41. The fourth-order valence-corrected chi connectivity index (χ4v) is 3.70. The first-order chi connectivity index (χ1) is 9.38. The van der Waals surface area contributed by atoms with Crippen LogP contribution in [0, 0.1) is 5.92 Å². The zero-order valence-corrected chi connectivity index (χ0v) is 11.9. The molecule has 0 aromatic rings. The van der Waals surface area contributed by atoms with E-state index >= 15 is 0 Å². The number of carboxylic acids is 1. The van der Waals surface area contributed by atoms with Crippen LogP contribution in [0.3, 0.4) is 0 Å². The molecule has 108 valence electrons. The summed E-state index contributed by atoms with van der Waals surface area (Å²) in [6, 6.07) is -0.292. The summed E-state index contributed by atoms with van der Waals surface area (Å²) < 4.78 is 0. The number of aliphatic hydroxyl groups excluding tert-OH is 1. The van der Waals surface area contributed by atoms with Crippen LogP contribution in [0.25, 0.3) is 0 Å². The predicted octanol–water partition coefficient (Wildman–Crippen LogP) is 0.730. The molecule has 0 aromatic carbocycles. The highest BCUT2D eigenvalue weighted by Crippen LogP contribution is 2.48. The summed E-state index contributed by atoms with van der Waals surface area (Å²) in [6.45, 7) is 3.23. The molecule has 1 amide bonds. The molecule has 7 heteroatoms. The quantitative estimate of drug-likeness (QED) is 0.441. The third-order valence-corrected chi connectivity index (χ3v) is 4.54.